The van der Waals surface area contributed by atoms with Gasteiger partial charge >= 0.3 is 0 Å². The molecular formula is C26H21ClN4O3. The Kier molecular flexibility index (Phi) is 4.88. The van der Waals surface area contributed by atoms with Gasteiger partial charge in [0.15, 0.2) is 0 Å². The molecule has 2 heterocycles. The van der Waals surface area contributed by atoms with Gasteiger partial charge in [0.25, 0.3) is 11.8 Å². The number of imide groups is 1. The Morgan fingerprint density at radius 1 is 1.03 bits per heavy atom. The molecule has 0 unspecified atom stereocenters. The van der Waals surface area contributed by atoms with Crippen molar-refractivity contribution in [3.05, 3.63) is 77.5 Å². The average molecular weight is 473 g/mol. The molecule has 4 atom stereocenters. The summed E-state index contributed by atoms with van der Waals surface area (Å²) < 4.78 is 1.83. The highest BCUT2D eigenvalue weighted by Crippen LogP contribution is 2.52. The summed E-state index contributed by atoms with van der Waals surface area (Å²) in [6.07, 6.45) is 8.37. The van der Waals surface area contributed by atoms with Crippen LogP contribution in [0.3, 0.4) is 0 Å². The van der Waals surface area contributed by atoms with Crippen LogP contribution in [0.1, 0.15) is 12.0 Å². The van der Waals surface area contributed by atoms with E-state index in [1.807, 2.05) is 35.0 Å². The summed E-state index contributed by atoms with van der Waals surface area (Å²) >= 11 is 5.91. The molecule has 8 heteroatoms. The number of aromatic nitrogens is 1. The molecule has 3 aliphatic rings. The van der Waals surface area contributed by atoms with Gasteiger partial charge in [-0.2, -0.15) is 10.1 Å². The summed E-state index contributed by atoms with van der Waals surface area (Å²) in [7, 11) is 0. The molecule has 2 aliphatic carbocycles. The molecule has 1 N–H and O–H groups in total. The minimum absolute atomic E-state index is 0.0950. The van der Waals surface area contributed by atoms with Crippen molar-refractivity contribution in [1.29, 1.82) is 0 Å². The third kappa shape index (κ3) is 3.35. The predicted molar refractivity (Wildman–Crippen MR) is 129 cm³/mol. The van der Waals surface area contributed by atoms with E-state index in [1.165, 1.54) is 0 Å². The number of benzene rings is 2. The standard InChI is InChI=1S/C26H21ClN4O3/c27-18-7-9-19(10-8-18)29-22(32)14-30-13-17(20-3-1-2-4-21(20)30)12-28-31-25(33)23-15-5-6-16(11-15)24(23)26(31)34/h1-10,12-13,15-16,23-24H,11,14H2,(H,29,32)/t15-,16-,23-,24+/m0/s1. The number of halogens is 1. The van der Waals surface area contributed by atoms with Gasteiger partial charge in [0, 0.05) is 33.4 Å². The Labute approximate surface area is 200 Å². The van der Waals surface area contributed by atoms with E-state index in [0.29, 0.717) is 10.7 Å². The molecule has 7 nitrogen and oxygen atoms in total. The maximum absolute atomic E-state index is 12.9. The topological polar surface area (TPSA) is 83.8 Å². The normalized spacial score (nSPS) is 25.1. The van der Waals surface area contributed by atoms with Gasteiger partial charge in [-0.05, 0) is 48.6 Å². The second-order valence-corrected chi connectivity index (χ2v) is 9.45. The van der Waals surface area contributed by atoms with Crippen LogP contribution in [0.2, 0.25) is 5.02 Å². The van der Waals surface area contributed by atoms with Crippen LogP contribution in [-0.4, -0.2) is 33.5 Å². The Bertz CT molecular complexity index is 1360. The lowest BCUT2D eigenvalue weighted by Gasteiger charge is -2.13. The van der Waals surface area contributed by atoms with E-state index in [2.05, 4.69) is 22.6 Å². The van der Waals surface area contributed by atoms with Gasteiger partial charge in [0.05, 0.1) is 18.1 Å². The summed E-state index contributed by atoms with van der Waals surface area (Å²) in [6.45, 7) is 0.0950. The van der Waals surface area contributed by atoms with Crippen LogP contribution in [0.25, 0.3) is 10.9 Å². The van der Waals surface area contributed by atoms with Crippen molar-refractivity contribution in [3.8, 4) is 0 Å². The minimum atomic E-state index is -0.280. The van der Waals surface area contributed by atoms with Crippen LogP contribution in [0.15, 0.2) is 72.0 Å². The number of para-hydroxylation sites is 1. The molecule has 34 heavy (non-hydrogen) atoms. The fraction of sp³-hybridized carbons (Fsp3) is 0.231. The second-order valence-electron chi connectivity index (χ2n) is 9.02. The number of anilines is 1. The molecule has 2 bridgehead atoms. The van der Waals surface area contributed by atoms with Crippen molar-refractivity contribution in [2.75, 3.05) is 5.32 Å². The third-order valence-electron chi connectivity index (χ3n) is 7.02. The first kappa shape index (κ1) is 20.9. The van der Waals surface area contributed by atoms with Gasteiger partial charge in [0.1, 0.15) is 6.54 Å². The number of nitrogens with zero attached hydrogens (tertiary/aromatic N) is 3. The van der Waals surface area contributed by atoms with Gasteiger partial charge < -0.3 is 9.88 Å². The van der Waals surface area contributed by atoms with Crippen molar-refractivity contribution in [2.24, 2.45) is 28.8 Å². The van der Waals surface area contributed by atoms with E-state index in [9.17, 15) is 14.4 Å². The summed E-state index contributed by atoms with van der Waals surface area (Å²) in [5.41, 5.74) is 2.25. The monoisotopic (exact) mass is 472 g/mol. The Balaban J connectivity index is 1.24. The molecule has 6 rings (SSSR count). The lowest BCUT2D eigenvalue weighted by Crippen LogP contribution is -2.28. The molecule has 1 saturated carbocycles. The van der Waals surface area contributed by atoms with Crippen LogP contribution < -0.4 is 5.32 Å². The number of carbonyl (C=O) groups excluding carboxylic acids is 3. The highest BCUT2D eigenvalue weighted by atomic mass is 35.5. The second kappa shape index (κ2) is 7.95. The highest BCUT2D eigenvalue weighted by molar-refractivity contribution is 6.30. The molecule has 0 radical (unpaired) electrons. The Morgan fingerprint density at radius 2 is 1.71 bits per heavy atom. The van der Waals surface area contributed by atoms with E-state index in [-0.39, 0.29) is 47.9 Å². The zero-order chi connectivity index (χ0) is 23.4. The van der Waals surface area contributed by atoms with Crippen LogP contribution >= 0.6 is 11.6 Å². The number of carbonyl (C=O) groups is 3. The summed E-state index contributed by atoms with van der Waals surface area (Å²) in [4.78, 5) is 38.5. The molecule has 3 aromatic rings. The van der Waals surface area contributed by atoms with Crippen molar-refractivity contribution in [3.63, 3.8) is 0 Å². The van der Waals surface area contributed by atoms with Crippen LogP contribution in [-0.2, 0) is 20.9 Å². The molecule has 1 aliphatic heterocycles. The number of amides is 3. The summed E-state index contributed by atoms with van der Waals surface area (Å²) in [5, 5.41) is 9.69. The van der Waals surface area contributed by atoms with E-state index in [4.69, 9.17) is 11.6 Å². The third-order valence-corrected chi connectivity index (χ3v) is 7.27. The molecule has 0 spiro atoms. The number of hydrazone groups is 1. The molecule has 2 aromatic carbocycles. The lowest BCUT2D eigenvalue weighted by molar-refractivity contribution is -0.140. The minimum Gasteiger partial charge on any atom is -0.337 e. The van der Waals surface area contributed by atoms with Gasteiger partial charge in [-0.15, -0.1) is 0 Å². The number of nitrogens with one attached hydrogen (secondary N) is 1. The average Bonchev–Trinajstić information content (AvgIpc) is 3.58. The quantitative estimate of drug-likeness (QED) is 0.345. The number of hydrogen-bond donors (Lipinski definition) is 1. The van der Waals surface area contributed by atoms with Gasteiger partial charge in [0.2, 0.25) is 5.91 Å². The van der Waals surface area contributed by atoms with Gasteiger partial charge in [-0.3, -0.25) is 14.4 Å². The Hall–Kier alpha value is -3.71. The molecule has 1 saturated heterocycles. The van der Waals surface area contributed by atoms with E-state index in [0.717, 1.165) is 27.9 Å². The fourth-order valence-corrected chi connectivity index (χ4v) is 5.64. The maximum Gasteiger partial charge on any atom is 0.254 e. The SMILES string of the molecule is O=C(Cn1cc(C=NN2C(=O)[C@@H]3[C@H](C2=O)[C@H]2C=C[C@H]3C2)c2ccccc21)Nc1ccc(Cl)cc1. The predicted octanol–water partition coefficient (Wildman–Crippen LogP) is 4.07. The van der Waals surface area contributed by atoms with Crippen LogP contribution in [0.5, 0.6) is 0 Å². The van der Waals surface area contributed by atoms with Crippen LogP contribution in [0.4, 0.5) is 5.69 Å². The number of allylic oxidation sites excluding steroid dienone is 2. The van der Waals surface area contributed by atoms with Crippen molar-refractivity contribution < 1.29 is 14.4 Å². The number of hydrogen-bond acceptors (Lipinski definition) is 4. The zero-order valence-electron chi connectivity index (χ0n) is 18.1. The molecule has 2 fully saturated rings. The highest BCUT2D eigenvalue weighted by Gasteiger charge is 2.59. The van der Waals surface area contributed by atoms with Crippen molar-refractivity contribution in [1.82, 2.24) is 9.58 Å². The zero-order valence-corrected chi connectivity index (χ0v) is 18.9. The fourth-order valence-electron chi connectivity index (χ4n) is 5.52. The largest absolute Gasteiger partial charge is 0.337 e. The molecular weight excluding hydrogens is 452 g/mol. The Morgan fingerprint density at radius 3 is 2.41 bits per heavy atom. The summed E-state index contributed by atoms with van der Waals surface area (Å²) in [5.74, 6) is -0.883. The summed E-state index contributed by atoms with van der Waals surface area (Å²) in [6, 6.07) is 14.6. The number of rotatable bonds is 5. The smallest absolute Gasteiger partial charge is 0.254 e. The van der Waals surface area contributed by atoms with Gasteiger partial charge in [-0.25, -0.2) is 0 Å². The first-order valence-corrected chi connectivity index (χ1v) is 11.6. The number of fused-ring (bicyclic) bond motifs is 6. The van der Waals surface area contributed by atoms with E-state index < -0.39 is 0 Å². The van der Waals surface area contributed by atoms with Crippen molar-refractivity contribution in [2.45, 2.75) is 13.0 Å². The first-order chi connectivity index (χ1) is 16.5. The lowest BCUT2D eigenvalue weighted by atomic mass is 9.85. The van der Waals surface area contributed by atoms with Gasteiger partial charge in [-0.1, -0.05) is 42.0 Å². The first-order valence-electron chi connectivity index (χ1n) is 11.2. The van der Waals surface area contributed by atoms with E-state index in [1.54, 1.807) is 30.5 Å². The maximum atomic E-state index is 12.9. The molecule has 3 amide bonds. The van der Waals surface area contributed by atoms with E-state index >= 15 is 0 Å². The van der Waals surface area contributed by atoms with Crippen molar-refractivity contribution >= 4 is 52.1 Å². The van der Waals surface area contributed by atoms with Crippen LogP contribution in [0, 0.1) is 23.7 Å². The molecule has 170 valence electrons. The molecule has 1 aromatic heterocycles.